The summed E-state index contributed by atoms with van der Waals surface area (Å²) in [5.74, 6) is -1.06. The van der Waals surface area contributed by atoms with Crippen LogP contribution < -0.4 is 45.1 Å². The quantitative estimate of drug-likeness (QED) is 0.0262. The number of aliphatic imine (C=N–C) groups is 2. The SMILES string of the molecule is COc1cc2c(cc1OCCCCCOc1cc3c(cc1OC)C(=O)N1C=C(c4ccc(N5CCN(C)CC5)cc4)C[C@H]1C=N3)N=C[C@@H]1CC(c3ccc(NC(=O)[C@H](C)NC(=O)[C@@H](NC(=O)OCCOCCOCCOCCOCCOCCOCCOCCNC(=O)CCN4C(=O)C=CC4=O)C(C)C)cc3)=CN1C2=O. The summed E-state index contributed by atoms with van der Waals surface area (Å²) in [5.41, 5.74) is 7.42. The standard InChI is InChI=1S/C80H103N11O20/c1-54(2)75(86-80(99)111-43-42-108-41-40-107-39-38-106-37-36-105-35-34-104-33-32-103-31-30-102-29-21-81-72(92)20-22-89-73(93)18-19-74(89)94)77(96)84-55(3)76(95)85-60-14-10-56(11-15-60)58-44-62-50-82-66-48-70(68(100-5)46-64(66)78(97)90(62)52-58)109-27-8-7-9-28-110-71-49-67-65(47-69(71)101-6)79(98)91-53-59(45-63(91)51-83-67)57-12-16-61(17-13-57)88-25-23-87(4)24-26-88/h10-19,46-55,62-63,75H,7-9,20-45H2,1-6H3,(H,81,92)(H,84,96)(H,85,95)(H,86,99)/t55-,62-,63-,75-/m0/s1. The maximum absolute atomic E-state index is 14.2. The minimum Gasteiger partial charge on any atom is -0.493 e. The topological polar surface area (TPSA) is 336 Å². The first-order valence-electron chi connectivity index (χ1n) is 37.8. The number of nitrogens with zero attached hydrogens (tertiary/aromatic N) is 7. The Hall–Kier alpha value is -10.1. The van der Waals surface area contributed by atoms with Crippen molar-refractivity contribution in [2.24, 2.45) is 15.9 Å². The average molecular weight is 1540 g/mol. The molecule has 31 nitrogen and oxygen atoms in total. The molecule has 0 aliphatic carbocycles. The summed E-state index contributed by atoms with van der Waals surface area (Å²) < 4.78 is 67.6. The molecule has 10 rings (SSSR count). The van der Waals surface area contributed by atoms with Gasteiger partial charge in [0.15, 0.2) is 23.0 Å². The Morgan fingerprint density at radius 1 is 0.523 bits per heavy atom. The molecule has 4 aromatic carbocycles. The number of anilines is 2. The molecule has 598 valence electrons. The highest BCUT2D eigenvalue weighted by molar-refractivity contribution is 6.13. The maximum Gasteiger partial charge on any atom is 0.407 e. The third kappa shape index (κ3) is 24.4. The number of carbonyl (C=O) groups is 8. The number of alkyl carbamates (subject to hydrolysis) is 1. The highest BCUT2D eigenvalue weighted by atomic mass is 16.6. The number of hydrogen-bond acceptors (Lipinski definition) is 24. The van der Waals surface area contributed by atoms with Crippen LogP contribution >= 0.6 is 0 Å². The lowest BCUT2D eigenvalue weighted by molar-refractivity contribution is -0.137. The zero-order valence-corrected chi connectivity index (χ0v) is 64.1. The summed E-state index contributed by atoms with van der Waals surface area (Å²) in [6, 6.07) is 20.2. The first-order valence-corrected chi connectivity index (χ1v) is 37.8. The fraction of sp³-hybridized carbons (Fsp3) is 0.500. The highest BCUT2D eigenvalue weighted by Gasteiger charge is 2.36. The third-order valence-corrected chi connectivity index (χ3v) is 19.1. The van der Waals surface area contributed by atoms with Crippen molar-refractivity contribution in [3.63, 3.8) is 0 Å². The van der Waals surface area contributed by atoms with E-state index in [4.69, 9.17) is 66.8 Å². The lowest BCUT2D eigenvalue weighted by Gasteiger charge is -2.34. The van der Waals surface area contributed by atoms with E-state index in [-0.39, 0.29) is 68.5 Å². The van der Waals surface area contributed by atoms with Gasteiger partial charge in [-0.05, 0) is 97.8 Å². The van der Waals surface area contributed by atoms with Crippen molar-refractivity contribution in [1.29, 1.82) is 0 Å². The van der Waals surface area contributed by atoms with Gasteiger partial charge in [-0.25, -0.2) is 4.79 Å². The molecular weight excluding hydrogens is 1430 g/mol. The van der Waals surface area contributed by atoms with E-state index in [1.807, 2.05) is 30.7 Å². The van der Waals surface area contributed by atoms with Gasteiger partial charge in [0.1, 0.15) is 18.7 Å². The van der Waals surface area contributed by atoms with Crippen LogP contribution in [0.25, 0.3) is 11.1 Å². The van der Waals surface area contributed by atoms with Gasteiger partial charge in [0, 0.05) is 119 Å². The number of likely N-dealkylation sites (N-methyl/N-ethyl adjacent to an activating group) is 1. The predicted molar refractivity (Wildman–Crippen MR) is 413 cm³/mol. The summed E-state index contributed by atoms with van der Waals surface area (Å²) in [4.78, 5) is 121. The van der Waals surface area contributed by atoms with E-state index in [9.17, 15) is 38.4 Å². The summed E-state index contributed by atoms with van der Waals surface area (Å²) in [5, 5.41) is 10.8. The second-order valence-electron chi connectivity index (χ2n) is 27.3. The van der Waals surface area contributed by atoms with Crippen LogP contribution in [0.4, 0.5) is 27.5 Å². The van der Waals surface area contributed by atoms with Gasteiger partial charge in [-0.3, -0.25) is 48.4 Å². The monoisotopic (exact) mass is 1540 g/mol. The van der Waals surface area contributed by atoms with Gasteiger partial charge in [0.25, 0.3) is 23.6 Å². The van der Waals surface area contributed by atoms with E-state index in [0.717, 1.165) is 66.2 Å². The lowest BCUT2D eigenvalue weighted by atomic mass is 10.0. The fourth-order valence-corrected chi connectivity index (χ4v) is 12.8. The molecule has 6 aliphatic heterocycles. The molecule has 0 aromatic heterocycles. The van der Waals surface area contributed by atoms with E-state index in [0.29, 0.717) is 169 Å². The number of benzene rings is 4. The number of carbonyl (C=O) groups excluding carboxylic acids is 8. The van der Waals surface area contributed by atoms with Crippen LogP contribution in [0.2, 0.25) is 0 Å². The Morgan fingerprint density at radius 3 is 1.45 bits per heavy atom. The molecule has 8 amide bonds. The first-order chi connectivity index (χ1) is 53.9. The van der Waals surface area contributed by atoms with Gasteiger partial charge in [0.05, 0.1) is 155 Å². The van der Waals surface area contributed by atoms with E-state index in [1.165, 1.54) is 24.9 Å². The molecule has 1 saturated heterocycles. The number of ether oxygens (including phenoxy) is 12. The molecule has 4 N–H and O–H groups in total. The summed E-state index contributed by atoms with van der Waals surface area (Å²) >= 11 is 0. The van der Waals surface area contributed by atoms with E-state index < -0.39 is 41.8 Å². The second kappa shape index (κ2) is 42.9. The van der Waals surface area contributed by atoms with Crippen molar-refractivity contribution in [3.8, 4) is 23.0 Å². The number of nitrogens with one attached hydrogen (secondary N) is 4. The zero-order valence-electron chi connectivity index (χ0n) is 64.1. The normalized spacial score (nSPS) is 17.0. The molecule has 4 aromatic rings. The number of amides is 8. The first kappa shape index (κ1) is 83.4. The Bertz CT molecular complexity index is 3970. The van der Waals surface area contributed by atoms with Crippen molar-refractivity contribution < 1.29 is 95.2 Å². The minimum absolute atomic E-state index is 0.0247. The molecule has 0 radical (unpaired) electrons. The molecule has 0 spiro atoms. The fourth-order valence-electron chi connectivity index (χ4n) is 12.8. The number of fused-ring (bicyclic) bond motifs is 4. The largest absolute Gasteiger partial charge is 0.493 e. The summed E-state index contributed by atoms with van der Waals surface area (Å²) in [6.07, 6.45) is 12.3. The second-order valence-corrected chi connectivity index (χ2v) is 27.3. The molecular formula is C80H103N11O20. The lowest BCUT2D eigenvalue weighted by Crippen LogP contribution is -2.53. The van der Waals surface area contributed by atoms with Gasteiger partial charge < -0.3 is 97.7 Å². The van der Waals surface area contributed by atoms with Gasteiger partial charge >= 0.3 is 6.09 Å². The molecule has 111 heavy (non-hydrogen) atoms. The Labute approximate surface area is 646 Å². The number of imide groups is 1. The number of hydrogen-bond donors (Lipinski definition) is 4. The van der Waals surface area contributed by atoms with Gasteiger partial charge in [-0.1, -0.05) is 38.1 Å². The minimum atomic E-state index is -1.000. The average Bonchev–Trinajstić information content (AvgIpc) is 1.65. The molecule has 31 heteroatoms. The molecule has 0 bridgehead atoms. The maximum atomic E-state index is 14.2. The van der Waals surface area contributed by atoms with Crippen molar-refractivity contribution in [2.75, 3.05) is 183 Å². The molecule has 0 unspecified atom stereocenters. The van der Waals surface area contributed by atoms with Crippen LogP contribution in [0.3, 0.4) is 0 Å². The van der Waals surface area contributed by atoms with Gasteiger partial charge in [-0.2, -0.15) is 0 Å². The van der Waals surface area contributed by atoms with Crippen LogP contribution in [0.15, 0.2) is 107 Å². The number of piperazine rings is 1. The summed E-state index contributed by atoms with van der Waals surface area (Å²) in [6.45, 7) is 14.9. The Balaban J connectivity index is 0.543. The third-order valence-electron chi connectivity index (χ3n) is 19.1. The van der Waals surface area contributed by atoms with E-state index in [2.05, 4.69) is 62.4 Å². The van der Waals surface area contributed by atoms with Crippen LogP contribution in [-0.2, 0) is 61.9 Å². The van der Waals surface area contributed by atoms with Gasteiger partial charge in [-0.15, -0.1) is 0 Å². The van der Waals surface area contributed by atoms with E-state index in [1.54, 1.807) is 80.3 Å². The molecule has 1 fully saturated rings. The number of rotatable bonds is 46. The highest BCUT2D eigenvalue weighted by Crippen LogP contribution is 2.42. The zero-order chi connectivity index (χ0) is 78.4. The number of unbranched alkanes of at least 4 members (excludes halogenated alkanes) is 2. The van der Waals surface area contributed by atoms with Crippen LogP contribution in [0.5, 0.6) is 23.0 Å². The Kier molecular flexibility index (Phi) is 32.2. The predicted octanol–water partition coefficient (Wildman–Crippen LogP) is 6.77. The molecule has 4 atom stereocenters. The van der Waals surface area contributed by atoms with E-state index >= 15 is 0 Å². The Morgan fingerprint density at radius 2 is 0.982 bits per heavy atom. The van der Waals surface area contributed by atoms with Crippen molar-refractivity contribution in [2.45, 2.75) is 83.5 Å². The van der Waals surface area contributed by atoms with Gasteiger partial charge in [0.2, 0.25) is 17.7 Å². The van der Waals surface area contributed by atoms with Crippen molar-refractivity contribution in [1.82, 2.24) is 35.6 Å². The summed E-state index contributed by atoms with van der Waals surface area (Å²) in [7, 11) is 5.24. The van der Waals surface area contributed by atoms with Crippen molar-refractivity contribution >= 4 is 93.8 Å². The van der Waals surface area contributed by atoms with Crippen LogP contribution in [-0.4, -0.2) is 276 Å². The van der Waals surface area contributed by atoms with Crippen molar-refractivity contribution in [3.05, 3.63) is 120 Å². The molecule has 6 heterocycles. The van der Waals surface area contributed by atoms with Crippen LogP contribution in [0.1, 0.15) is 91.1 Å². The molecule has 6 aliphatic rings. The number of methoxy groups -OCH3 is 2. The molecule has 0 saturated carbocycles. The van der Waals surface area contributed by atoms with Crippen LogP contribution in [0, 0.1) is 5.92 Å². The smallest absolute Gasteiger partial charge is 0.407 e.